The van der Waals surface area contributed by atoms with Crippen molar-refractivity contribution in [1.29, 1.82) is 0 Å². The predicted molar refractivity (Wildman–Crippen MR) is 158 cm³/mol. The van der Waals surface area contributed by atoms with E-state index in [2.05, 4.69) is 36.5 Å². The summed E-state index contributed by atoms with van der Waals surface area (Å²) in [6, 6.07) is 20.0. The molecule has 3 aromatic carbocycles. The zero-order chi connectivity index (χ0) is 29.1. The first kappa shape index (κ1) is 28.1. The van der Waals surface area contributed by atoms with Gasteiger partial charge in [0, 0.05) is 40.9 Å². The van der Waals surface area contributed by atoms with Crippen LogP contribution in [-0.4, -0.2) is 26.8 Å². The summed E-state index contributed by atoms with van der Waals surface area (Å²) in [5, 5.41) is 21.1. The number of rotatable bonds is 6. The predicted octanol–water partition coefficient (Wildman–Crippen LogP) is 7.36. The van der Waals surface area contributed by atoms with Crippen LogP contribution in [0.2, 0.25) is 0 Å². The highest BCUT2D eigenvalue weighted by atomic mass is 19.1. The summed E-state index contributed by atoms with van der Waals surface area (Å²) in [4.78, 5) is 26.0. The van der Waals surface area contributed by atoms with Crippen molar-refractivity contribution in [3.05, 3.63) is 101 Å². The van der Waals surface area contributed by atoms with Crippen LogP contribution in [-0.2, 0) is 12.0 Å². The van der Waals surface area contributed by atoms with E-state index < -0.39 is 6.03 Å². The summed E-state index contributed by atoms with van der Waals surface area (Å²) in [7, 11) is 0. The van der Waals surface area contributed by atoms with E-state index in [9.17, 15) is 19.1 Å². The van der Waals surface area contributed by atoms with E-state index in [4.69, 9.17) is 0 Å². The van der Waals surface area contributed by atoms with Gasteiger partial charge in [-0.3, -0.25) is 4.79 Å². The van der Waals surface area contributed by atoms with Crippen LogP contribution in [0.3, 0.4) is 0 Å². The lowest BCUT2D eigenvalue weighted by molar-refractivity contribution is 0.102. The van der Waals surface area contributed by atoms with E-state index in [-0.39, 0.29) is 35.4 Å². The van der Waals surface area contributed by atoms with Crippen LogP contribution in [0, 0.1) is 5.82 Å². The first-order valence-corrected chi connectivity index (χ1v) is 14.0. The van der Waals surface area contributed by atoms with Crippen LogP contribution < -0.4 is 10.6 Å². The number of nitrogens with one attached hydrogen (secondary N) is 2. The Labute approximate surface area is 239 Å². The van der Waals surface area contributed by atoms with Crippen LogP contribution in [0.5, 0.6) is 5.75 Å². The molecule has 1 fully saturated rings. The quantitative estimate of drug-likeness (QED) is 0.232. The van der Waals surface area contributed by atoms with E-state index in [1.165, 1.54) is 16.8 Å². The van der Waals surface area contributed by atoms with Gasteiger partial charge >= 0.3 is 6.03 Å². The Bertz CT molecular complexity index is 1560. The molecule has 0 bridgehead atoms. The lowest BCUT2D eigenvalue weighted by atomic mass is 9.87. The molecule has 0 spiro atoms. The van der Waals surface area contributed by atoms with Crippen molar-refractivity contribution in [3.63, 3.8) is 0 Å². The highest BCUT2D eigenvalue weighted by molar-refractivity contribution is 6.04. The number of carbonyl (C=O) groups is 2. The van der Waals surface area contributed by atoms with Gasteiger partial charge in [-0.05, 0) is 60.2 Å². The summed E-state index contributed by atoms with van der Waals surface area (Å²) in [5.74, 6) is -0.568. The van der Waals surface area contributed by atoms with Gasteiger partial charge in [-0.15, -0.1) is 0 Å². The number of nitrogens with zero attached hydrogens (tertiary/aromatic N) is 2. The minimum Gasteiger partial charge on any atom is -0.507 e. The molecule has 1 saturated carbocycles. The lowest BCUT2D eigenvalue weighted by Gasteiger charge is -2.19. The third-order valence-electron chi connectivity index (χ3n) is 7.64. The van der Waals surface area contributed by atoms with Gasteiger partial charge in [0.25, 0.3) is 5.91 Å². The van der Waals surface area contributed by atoms with E-state index in [1.54, 1.807) is 42.5 Å². The second-order valence-electron chi connectivity index (χ2n) is 11.6. The first-order chi connectivity index (χ1) is 19.6. The standard InChI is InChI=1S/C33H35FN4O3/c1-33(2,3)24-14-12-22(13-15-24)31(40)36-25-16-17-26(30(39)18-25)28-19-29(21-8-4-5-9-21)38(37-28)32(41)35-20-23-10-6-7-11-27(23)34/h6-7,10-19,21,39H,4-5,8-9,20H2,1-3H3,(H,35,41)(H,36,40). The van der Waals surface area contributed by atoms with Crippen molar-refractivity contribution >= 4 is 17.6 Å². The normalized spacial score (nSPS) is 13.8. The molecule has 8 heteroatoms. The van der Waals surface area contributed by atoms with Gasteiger partial charge in [-0.2, -0.15) is 9.78 Å². The van der Waals surface area contributed by atoms with Crippen LogP contribution in [0.1, 0.15) is 79.6 Å². The highest BCUT2D eigenvalue weighted by Crippen LogP contribution is 2.38. The van der Waals surface area contributed by atoms with Crippen molar-refractivity contribution in [2.24, 2.45) is 0 Å². The molecule has 212 valence electrons. The maximum Gasteiger partial charge on any atom is 0.342 e. The smallest absolute Gasteiger partial charge is 0.342 e. The Morgan fingerprint density at radius 1 is 1.00 bits per heavy atom. The number of halogens is 1. The fraction of sp³-hybridized carbons (Fsp3) is 0.303. The largest absolute Gasteiger partial charge is 0.507 e. The van der Waals surface area contributed by atoms with Gasteiger partial charge in [-0.25, -0.2) is 9.18 Å². The Balaban J connectivity index is 1.35. The van der Waals surface area contributed by atoms with E-state index >= 15 is 0 Å². The molecule has 4 aromatic rings. The van der Waals surface area contributed by atoms with E-state index in [1.807, 2.05) is 18.2 Å². The third-order valence-corrected chi connectivity index (χ3v) is 7.64. The second-order valence-corrected chi connectivity index (χ2v) is 11.6. The van der Waals surface area contributed by atoms with Crippen LogP contribution in [0.4, 0.5) is 14.9 Å². The monoisotopic (exact) mass is 554 g/mol. The molecule has 0 aliphatic heterocycles. The number of anilines is 1. The number of phenols is 1. The molecule has 0 saturated heterocycles. The molecule has 0 radical (unpaired) electrons. The molecule has 0 atom stereocenters. The number of hydrogen-bond acceptors (Lipinski definition) is 4. The molecular formula is C33H35FN4O3. The van der Waals surface area contributed by atoms with Crippen LogP contribution >= 0.6 is 0 Å². The molecule has 2 amide bonds. The zero-order valence-electron chi connectivity index (χ0n) is 23.6. The second kappa shape index (κ2) is 11.6. The average Bonchev–Trinajstić information content (AvgIpc) is 3.63. The van der Waals surface area contributed by atoms with E-state index in [0.717, 1.165) is 36.9 Å². The molecule has 3 N–H and O–H groups in total. The maximum atomic E-state index is 14.1. The average molecular weight is 555 g/mol. The van der Waals surface area contributed by atoms with Crippen LogP contribution in [0.25, 0.3) is 11.3 Å². The van der Waals surface area contributed by atoms with Gasteiger partial charge in [0.05, 0.1) is 11.4 Å². The first-order valence-electron chi connectivity index (χ1n) is 14.0. The van der Waals surface area contributed by atoms with Gasteiger partial charge in [0.2, 0.25) is 0 Å². The van der Waals surface area contributed by atoms with Gasteiger partial charge in [0.1, 0.15) is 11.6 Å². The fourth-order valence-corrected chi connectivity index (χ4v) is 5.24. The summed E-state index contributed by atoms with van der Waals surface area (Å²) in [5.41, 5.74) is 4.11. The van der Waals surface area contributed by atoms with Crippen molar-refractivity contribution in [2.75, 3.05) is 5.32 Å². The minimum atomic E-state index is -0.456. The summed E-state index contributed by atoms with van der Waals surface area (Å²) in [6.07, 6.45) is 4.03. The lowest BCUT2D eigenvalue weighted by Crippen LogP contribution is -2.31. The number of hydrogen-bond donors (Lipinski definition) is 3. The summed E-state index contributed by atoms with van der Waals surface area (Å²) < 4.78 is 15.4. The SMILES string of the molecule is CC(C)(C)c1ccc(C(=O)Nc2ccc(-c3cc(C4CCCC4)n(C(=O)NCc4ccccc4F)n3)c(O)c2)cc1. The van der Waals surface area contributed by atoms with Gasteiger partial charge in [0.15, 0.2) is 0 Å². The molecule has 0 unspecified atom stereocenters. The van der Waals surface area contributed by atoms with Crippen molar-refractivity contribution in [3.8, 4) is 17.0 Å². The number of aromatic hydroxyl groups is 1. The molecule has 1 aliphatic carbocycles. The zero-order valence-corrected chi connectivity index (χ0v) is 23.6. The van der Waals surface area contributed by atoms with E-state index in [0.29, 0.717) is 28.1 Å². The number of benzene rings is 3. The van der Waals surface area contributed by atoms with Gasteiger partial charge in [-0.1, -0.05) is 63.9 Å². The van der Waals surface area contributed by atoms with Crippen molar-refractivity contribution in [1.82, 2.24) is 15.1 Å². The summed E-state index contributed by atoms with van der Waals surface area (Å²) in [6.45, 7) is 6.38. The number of carbonyl (C=O) groups excluding carboxylic acids is 2. The Morgan fingerprint density at radius 3 is 2.37 bits per heavy atom. The molecule has 1 aromatic heterocycles. The Kier molecular flexibility index (Phi) is 7.92. The summed E-state index contributed by atoms with van der Waals surface area (Å²) >= 11 is 0. The molecule has 41 heavy (non-hydrogen) atoms. The number of amides is 2. The fourth-order valence-electron chi connectivity index (χ4n) is 5.24. The topological polar surface area (TPSA) is 96.3 Å². The maximum absolute atomic E-state index is 14.1. The Hall–Kier alpha value is -4.46. The number of phenolic OH excluding ortho intramolecular Hbond substituents is 1. The third kappa shape index (κ3) is 6.32. The van der Waals surface area contributed by atoms with Crippen molar-refractivity contribution in [2.45, 2.75) is 64.3 Å². The van der Waals surface area contributed by atoms with Crippen molar-refractivity contribution < 1.29 is 19.1 Å². The molecule has 5 rings (SSSR count). The highest BCUT2D eigenvalue weighted by Gasteiger charge is 2.26. The van der Waals surface area contributed by atoms with Crippen LogP contribution in [0.15, 0.2) is 72.8 Å². The Morgan fingerprint density at radius 2 is 1.71 bits per heavy atom. The molecule has 1 aliphatic rings. The van der Waals surface area contributed by atoms with Gasteiger partial charge < -0.3 is 15.7 Å². The minimum absolute atomic E-state index is 0.0122. The molecular weight excluding hydrogens is 519 g/mol. The molecule has 7 nitrogen and oxygen atoms in total. The number of aromatic nitrogens is 2. The molecule has 1 heterocycles.